The Morgan fingerprint density at radius 1 is 0.667 bits per heavy atom. The van der Waals surface area contributed by atoms with Gasteiger partial charge in [-0.05, 0) is 28.2 Å². The van der Waals surface area contributed by atoms with Gasteiger partial charge in [-0.25, -0.2) is 0 Å². The first kappa shape index (κ1) is 17.5. The minimum Gasteiger partial charge on any atom is -0.299 e. The van der Waals surface area contributed by atoms with E-state index in [2.05, 4.69) is 87.1 Å². The van der Waals surface area contributed by atoms with E-state index < -0.39 is 15.2 Å². The van der Waals surface area contributed by atoms with Gasteiger partial charge in [0.15, 0.2) is 0 Å². The Hall–Kier alpha value is -0.526. The molecule has 0 radical (unpaired) electrons. The molecule has 0 heterocycles. The lowest BCUT2D eigenvalue weighted by atomic mass is 10.6. The second kappa shape index (κ2) is 7.16. The third-order valence-corrected chi connectivity index (χ3v) is 18.0. The number of nitrogens with zero attached hydrogens (tertiary/aromatic N) is 2. The molecular weight excluding hydrogens is 252 g/mol. The Kier molecular flexibility index (Phi) is 6.95. The molecule has 2 nitrogen and oxygen atoms in total. The van der Waals surface area contributed by atoms with E-state index in [0.717, 1.165) is 13.1 Å². The van der Waals surface area contributed by atoms with Crippen LogP contribution in [0, 0.1) is 22.9 Å². The van der Waals surface area contributed by atoms with Gasteiger partial charge in [0, 0.05) is 0 Å². The molecule has 0 aromatic rings. The topological polar surface area (TPSA) is 6.48 Å². The molecule has 0 aromatic heterocycles. The van der Waals surface area contributed by atoms with E-state index in [4.69, 9.17) is 0 Å². The molecule has 0 bridgehead atoms. The second-order valence-electron chi connectivity index (χ2n) is 6.33. The van der Waals surface area contributed by atoms with E-state index in [9.17, 15) is 0 Å². The molecule has 102 valence electrons. The van der Waals surface area contributed by atoms with Gasteiger partial charge in [0.2, 0.25) is 0 Å². The summed E-state index contributed by atoms with van der Waals surface area (Å²) in [6.45, 7) is 11.2. The Bertz CT molecular complexity index is 338. The van der Waals surface area contributed by atoms with Crippen LogP contribution in [0.3, 0.4) is 0 Å². The predicted molar refractivity (Wildman–Crippen MR) is 87.6 cm³/mol. The van der Waals surface area contributed by atoms with Gasteiger partial charge >= 0.3 is 0 Å². The summed E-state index contributed by atoms with van der Waals surface area (Å²) in [7, 11) is 5.21. The number of rotatable bonds is 3. The van der Waals surface area contributed by atoms with Gasteiger partial charge in [-0.3, -0.25) is 9.80 Å². The first-order chi connectivity index (χ1) is 8.08. The van der Waals surface area contributed by atoms with Crippen LogP contribution in [0.2, 0.25) is 26.2 Å². The van der Waals surface area contributed by atoms with Crippen molar-refractivity contribution in [2.75, 3.05) is 41.3 Å². The highest BCUT2D eigenvalue weighted by atomic mass is 29.3. The Morgan fingerprint density at radius 2 is 0.944 bits per heavy atom. The maximum atomic E-state index is 3.56. The predicted octanol–water partition coefficient (Wildman–Crippen LogP) is 1.69. The molecule has 4 heteroatoms. The van der Waals surface area contributed by atoms with Crippen molar-refractivity contribution in [3.8, 4) is 22.9 Å². The van der Waals surface area contributed by atoms with Crippen molar-refractivity contribution in [1.29, 1.82) is 0 Å². The van der Waals surface area contributed by atoms with Crippen LogP contribution in [-0.4, -0.2) is 66.3 Å². The molecule has 0 saturated carbocycles. The van der Waals surface area contributed by atoms with E-state index in [0.29, 0.717) is 0 Å². The van der Waals surface area contributed by atoms with Crippen LogP contribution in [0.5, 0.6) is 0 Å². The average Bonchev–Trinajstić information content (AvgIpc) is 2.15. The molecule has 18 heavy (non-hydrogen) atoms. The summed E-state index contributed by atoms with van der Waals surface area (Å²) in [6, 6.07) is 0. The zero-order valence-corrected chi connectivity index (χ0v) is 15.3. The summed E-state index contributed by atoms with van der Waals surface area (Å²) in [5.41, 5.74) is 7.12. The third-order valence-electron chi connectivity index (χ3n) is 3.15. The first-order valence-electron chi connectivity index (χ1n) is 6.38. The number of hydrogen-bond donors (Lipinski definition) is 0. The van der Waals surface area contributed by atoms with E-state index in [1.54, 1.807) is 0 Å². The van der Waals surface area contributed by atoms with Crippen molar-refractivity contribution >= 4 is 15.2 Å². The highest BCUT2D eigenvalue weighted by Gasteiger charge is 2.39. The monoisotopic (exact) mass is 280 g/mol. The zero-order valence-electron chi connectivity index (χ0n) is 13.3. The molecule has 0 atom stereocenters. The van der Waals surface area contributed by atoms with Gasteiger partial charge in [0.05, 0.1) is 13.1 Å². The SMILES string of the molecule is CN(C)CC#C[Si](C)(C)[Si](C)(C)C#CCN(C)C. The summed E-state index contributed by atoms with van der Waals surface area (Å²) in [5.74, 6) is 6.65. The standard InChI is InChI=1S/C14H28N2Si2/c1-15(2)11-9-13-17(5,6)18(7,8)14-10-12-16(3)4/h11-12H2,1-8H3. The molecule has 0 N–H and O–H groups in total. The van der Waals surface area contributed by atoms with E-state index in [-0.39, 0.29) is 0 Å². The molecule has 0 rings (SSSR count). The number of hydrogen-bond acceptors (Lipinski definition) is 2. The van der Waals surface area contributed by atoms with Crippen molar-refractivity contribution in [1.82, 2.24) is 9.80 Å². The zero-order chi connectivity index (χ0) is 14.4. The fourth-order valence-electron chi connectivity index (χ4n) is 1.15. The maximum absolute atomic E-state index is 3.56. The lowest BCUT2D eigenvalue weighted by Crippen LogP contribution is -2.53. The molecule has 0 fully saturated rings. The quantitative estimate of drug-likeness (QED) is 0.573. The van der Waals surface area contributed by atoms with Crippen molar-refractivity contribution < 1.29 is 0 Å². The van der Waals surface area contributed by atoms with Crippen LogP contribution in [0.25, 0.3) is 0 Å². The maximum Gasteiger partial charge on any atom is 0.138 e. The van der Waals surface area contributed by atoms with Gasteiger partial charge in [0.1, 0.15) is 15.2 Å². The Labute approximate surface area is 116 Å². The largest absolute Gasteiger partial charge is 0.299 e. The first-order valence-corrected chi connectivity index (χ1v) is 13.4. The fraction of sp³-hybridized carbons (Fsp3) is 0.714. The normalized spacial score (nSPS) is 11.9. The molecule has 0 aliphatic carbocycles. The van der Waals surface area contributed by atoms with Crippen molar-refractivity contribution in [2.45, 2.75) is 26.2 Å². The van der Waals surface area contributed by atoms with Crippen molar-refractivity contribution in [2.24, 2.45) is 0 Å². The second-order valence-corrected chi connectivity index (χ2v) is 20.8. The van der Waals surface area contributed by atoms with E-state index >= 15 is 0 Å². The fourth-order valence-corrected chi connectivity index (χ4v) is 5.22. The van der Waals surface area contributed by atoms with E-state index in [1.807, 2.05) is 0 Å². The minimum absolute atomic E-state index is 0.853. The van der Waals surface area contributed by atoms with Crippen molar-refractivity contribution in [3.63, 3.8) is 0 Å². The smallest absolute Gasteiger partial charge is 0.138 e. The Balaban J connectivity index is 4.81. The van der Waals surface area contributed by atoms with Gasteiger partial charge in [-0.1, -0.05) is 38.0 Å². The lowest BCUT2D eigenvalue weighted by Gasteiger charge is -2.28. The highest BCUT2D eigenvalue weighted by molar-refractivity contribution is 7.46. The third kappa shape index (κ3) is 6.42. The minimum atomic E-state index is -1.51. The molecule has 0 aromatic carbocycles. The molecule has 0 saturated heterocycles. The lowest BCUT2D eigenvalue weighted by molar-refractivity contribution is 0.464. The van der Waals surface area contributed by atoms with Gasteiger partial charge < -0.3 is 0 Å². The molecule has 0 spiro atoms. The van der Waals surface area contributed by atoms with Crippen molar-refractivity contribution in [3.05, 3.63) is 0 Å². The van der Waals surface area contributed by atoms with Crippen LogP contribution < -0.4 is 0 Å². The van der Waals surface area contributed by atoms with Crippen LogP contribution in [0.15, 0.2) is 0 Å². The summed E-state index contributed by atoms with van der Waals surface area (Å²) in [5, 5.41) is 0. The van der Waals surface area contributed by atoms with Gasteiger partial charge in [0.25, 0.3) is 0 Å². The summed E-state index contributed by atoms with van der Waals surface area (Å²) >= 11 is 0. The highest BCUT2D eigenvalue weighted by Crippen LogP contribution is 2.17. The average molecular weight is 281 g/mol. The van der Waals surface area contributed by atoms with Crippen LogP contribution in [-0.2, 0) is 0 Å². The molecular formula is C14H28N2Si2. The summed E-state index contributed by atoms with van der Waals surface area (Å²) < 4.78 is 0. The van der Waals surface area contributed by atoms with Crippen LogP contribution in [0.4, 0.5) is 0 Å². The van der Waals surface area contributed by atoms with Gasteiger partial charge in [-0.15, -0.1) is 11.1 Å². The summed E-state index contributed by atoms with van der Waals surface area (Å²) in [4.78, 5) is 4.23. The van der Waals surface area contributed by atoms with Crippen LogP contribution >= 0.6 is 0 Å². The molecule has 0 amide bonds. The van der Waals surface area contributed by atoms with Crippen LogP contribution in [0.1, 0.15) is 0 Å². The summed E-state index contributed by atoms with van der Waals surface area (Å²) in [6.07, 6.45) is 0. The molecule has 0 aliphatic heterocycles. The van der Waals surface area contributed by atoms with Gasteiger partial charge in [-0.2, -0.15) is 0 Å². The van der Waals surface area contributed by atoms with E-state index in [1.165, 1.54) is 0 Å². The molecule has 0 aliphatic rings. The molecule has 0 unspecified atom stereocenters. The Morgan fingerprint density at radius 3 is 1.17 bits per heavy atom.